The van der Waals surface area contributed by atoms with Gasteiger partial charge in [0.05, 0.1) is 18.2 Å². The maximum Gasteiger partial charge on any atom is 0.226 e. The second-order valence-corrected chi connectivity index (χ2v) is 8.93. The topological polar surface area (TPSA) is 42.0 Å². The molecule has 0 aliphatic heterocycles. The zero-order valence-electron chi connectivity index (χ0n) is 14.6. The quantitative estimate of drug-likeness (QED) is 0.450. The van der Waals surface area contributed by atoms with Crippen LogP contribution in [-0.2, 0) is 17.0 Å². The Hall–Kier alpha value is -1.53. The molecule has 1 aromatic heterocycles. The molecule has 0 spiro atoms. The lowest BCUT2D eigenvalue weighted by atomic mass is 10.1. The van der Waals surface area contributed by atoms with Gasteiger partial charge in [-0.05, 0) is 30.2 Å². The maximum absolute atomic E-state index is 12.3. The fourth-order valence-electron chi connectivity index (χ4n) is 2.50. The summed E-state index contributed by atoms with van der Waals surface area (Å²) in [6, 6.07) is 15.4. The Morgan fingerprint density at radius 3 is 2.74 bits per heavy atom. The molecule has 0 saturated carbocycles. The monoisotopic (exact) mass is 436 g/mol. The van der Waals surface area contributed by atoms with Crippen LogP contribution in [0.2, 0.25) is 10.0 Å². The highest BCUT2D eigenvalue weighted by Gasteiger charge is 2.12. The second-order valence-electron chi connectivity index (χ2n) is 6.01. The molecule has 0 aliphatic rings. The first-order valence-corrected chi connectivity index (χ1v) is 11.0. The molecule has 3 nitrogen and oxygen atoms in total. The van der Waals surface area contributed by atoms with Gasteiger partial charge in [-0.1, -0.05) is 71.4 Å². The molecule has 7 heteroatoms. The third-order valence-corrected chi connectivity index (χ3v) is 6.62. The standard InChI is InChI=1S/C20H18Cl2N2OS2/c1-13(14-5-3-2-4-6-14)23-19(25)10-17-12-27-20(24-17)26-11-15-7-8-16(21)9-18(15)22/h2-9,12-13H,10-11H2,1H3,(H,23,25). The number of rotatable bonds is 7. The highest BCUT2D eigenvalue weighted by molar-refractivity contribution is 8.00. The van der Waals surface area contributed by atoms with Crippen molar-refractivity contribution in [1.82, 2.24) is 10.3 Å². The summed E-state index contributed by atoms with van der Waals surface area (Å²) in [7, 11) is 0. The van der Waals surface area contributed by atoms with Crippen molar-refractivity contribution >= 4 is 52.2 Å². The average molecular weight is 437 g/mol. The summed E-state index contributed by atoms with van der Waals surface area (Å²) in [5.41, 5.74) is 2.87. The fraction of sp³-hybridized carbons (Fsp3) is 0.200. The van der Waals surface area contributed by atoms with Gasteiger partial charge in [0, 0.05) is 21.2 Å². The molecule has 1 atom stereocenters. The Bertz CT molecular complexity index is 915. The lowest BCUT2D eigenvalue weighted by molar-refractivity contribution is -0.121. The molecule has 0 bridgehead atoms. The van der Waals surface area contributed by atoms with Gasteiger partial charge in [0.2, 0.25) is 5.91 Å². The van der Waals surface area contributed by atoms with Crippen LogP contribution in [0.3, 0.4) is 0 Å². The minimum Gasteiger partial charge on any atom is -0.349 e. The number of hydrogen-bond acceptors (Lipinski definition) is 4. The van der Waals surface area contributed by atoms with E-state index in [4.69, 9.17) is 23.2 Å². The first kappa shape index (κ1) is 20.2. The van der Waals surface area contributed by atoms with Gasteiger partial charge in [-0.3, -0.25) is 4.79 Å². The largest absolute Gasteiger partial charge is 0.349 e. The number of halogens is 2. The predicted octanol–water partition coefficient (Wildman–Crippen LogP) is 6.16. The van der Waals surface area contributed by atoms with Crippen LogP contribution in [0.5, 0.6) is 0 Å². The minimum absolute atomic E-state index is 0.0294. The molecule has 0 saturated heterocycles. The van der Waals surface area contributed by atoms with Gasteiger partial charge in [0.15, 0.2) is 0 Å². The van der Waals surface area contributed by atoms with Crippen molar-refractivity contribution in [3.05, 3.63) is 80.8 Å². The number of hydrogen-bond donors (Lipinski definition) is 1. The molecule has 1 N–H and O–H groups in total. The van der Waals surface area contributed by atoms with Gasteiger partial charge in [-0.2, -0.15) is 0 Å². The lowest BCUT2D eigenvalue weighted by Gasteiger charge is -2.13. The lowest BCUT2D eigenvalue weighted by Crippen LogP contribution is -2.28. The molecular formula is C20H18Cl2N2OS2. The zero-order chi connectivity index (χ0) is 19.2. The van der Waals surface area contributed by atoms with Crippen LogP contribution in [0.25, 0.3) is 0 Å². The number of nitrogens with zero attached hydrogens (tertiary/aromatic N) is 1. The van der Waals surface area contributed by atoms with E-state index in [1.54, 1.807) is 17.8 Å². The predicted molar refractivity (Wildman–Crippen MR) is 115 cm³/mol. The van der Waals surface area contributed by atoms with E-state index < -0.39 is 0 Å². The molecule has 3 aromatic rings. The van der Waals surface area contributed by atoms with Crippen LogP contribution < -0.4 is 5.32 Å². The van der Waals surface area contributed by atoms with Crippen molar-refractivity contribution in [3.8, 4) is 0 Å². The van der Waals surface area contributed by atoms with Crippen LogP contribution in [0.15, 0.2) is 58.3 Å². The molecule has 0 aliphatic carbocycles. The minimum atomic E-state index is -0.0334. The van der Waals surface area contributed by atoms with Crippen LogP contribution in [0.4, 0.5) is 0 Å². The van der Waals surface area contributed by atoms with Crippen molar-refractivity contribution in [3.63, 3.8) is 0 Å². The number of nitrogens with one attached hydrogen (secondary N) is 1. The van der Waals surface area contributed by atoms with Gasteiger partial charge >= 0.3 is 0 Å². The number of thioether (sulfide) groups is 1. The second kappa shape index (κ2) is 9.60. The van der Waals surface area contributed by atoms with Gasteiger partial charge in [0.25, 0.3) is 0 Å². The van der Waals surface area contributed by atoms with E-state index in [9.17, 15) is 4.79 Å². The summed E-state index contributed by atoms with van der Waals surface area (Å²) in [4.78, 5) is 16.8. The summed E-state index contributed by atoms with van der Waals surface area (Å²) < 4.78 is 0.917. The smallest absolute Gasteiger partial charge is 0.226 e. The van der Waals surface area contributed by atoms with E-state index in [0.29, 0.717) is 15.8 Å². The Kier molecular flexibility index (Phi) is 7.19. The molecule has 0 radical (unpaired) electrons. The molecule has 27 heavy (non-hydrogen) atoms. The van der Waals surface area contributed by atoms with E-state index in [0.717, 1.165) is 21.2 Å². The van der Waals surface area contributed by atoms with Crippen LogP contribution in [0, 0.1) is 0 Å². The molecular weight excluding hydrogens is 419 g/mol. The van der Waals surface area contributed by atoms with Crippen LogP contribution in [0.1, 0.15) is 29.8 Å². The molecule has 1 heterocycles. The number of carbonyl (C=O) groups is 1. The number of benzene rings is 2. The highest BCUT2D eigenvalue weighted by atomic mass is 35.5. The van der Waals surface area contributed by atoms with Crippen LogP contribution >= 0.6 is 46.3 Å². The average Bonchev–Trinajstić information content (AvgIpc) is 3.09. The zero-order valence-corrected chi connectivity index (χ0v) is 17.8. The molecule has 140 valence electrons. The molecule has 2 aromatic carbocycles. The van der Waals surface area contributed by atoms with Crippen molar-refractivity contribution in [2.45, 2.75) is 29.5 Å². The number of carbonyl (C=O) groups excluding carboxylic acids is 1. The Morgan fingerprint density at radius 2 is 2.00 bits per heavy atom. The Labute approximate surface area is 177 Å². The third kappa shape index (κ3) is 5.98. The summed E-state index contributed by atoms with van der Waals surface area (Å²) in [5, 5.41) is 6.22. The normalized spacial score (nSPS) is 12.0. The first-order valence-electron chi connectivity index (χ1n) is 8.36. The SMILES string of the molecule is CC(NC(=O)Cc1csc(SCc2ccc(Cl)cc2Cl)n1)c1ccccc1. The Balaban J connectivity index is 1.52. The van der Waals surface area contributed by atoms with Crippen molar-refractivity contribution < 1.29 is 4.79 Å². The number of amides is 1. The van der Waals surface area contributed by atoms with Gasteiger partial charge < -0.3 is 5.32 Å². The summed E-state index contributed by atoms with van der Waals surface area (Å²) >= 11 is 15.3. The van der Waals surface area contributed by atoms with Crippen molar-refractivity contribution in [2.24, 2.45) is 0 Å². The van der Waals surface area contributed by atoms with Gasteiger partial charge in [-0.15, -0.1) is 11.3 Å². The van der Waals surface area contributed by atoms with Gasteiger partial charge in [-0.25, -0.2) is 4.98 Å². The summed E-state index contributed by atoms with van der Waals surface area (Å²) in [6.07, 6.45) is 0.274. The van der Waals surface area contributed by atoms with Crippen LogP contribution in [-0.4, -0.2) is 10.9 Å². The number of aromatic nitrogens is 1. The van der Waals surface area contributed by atoms with Crippen molar-refractivity contribution in [1.29, 1.82) is 0 Å². The van der Waals surface area contributed by atoms with E-state index in [-0.39, 0.29) is 18.4 Å². The Morgan fingerprint density at radius 1 is 1.22 bits per heavy atom. The maximum atomic E-state index is 12.3. The third-order valence-electron chi connectivity index (χ3n) is 3.92. The van der Waals surface area contributed by atoms with E-state index in [1.807, 2.05) is 54.8 Å². The van der Waals surface area contributed by atoms with E-state index in [2.05, 4.69) is 10.3 Å². The first-order chi connectivity index (χ1) is 13.0. The molecule has 3 rings (SSSR count). The highest BCUT2D eigenvalue weighted by Crippen LogP contribution is 2.30. The summed E-state index contributed by atoms with van der Waals surface area (Å²) in [5.74, 6) is 0.675. The molecule has 1 amide bonds. The van der Waals surface area contributed by atoms with E-state index in [1.165, 1.54) is 11.3 Å². The molecule has 0 fully saturated rings. The summed E-state index contributed by atoms with van der Waals surface area (Å²) in [6.45, 7) is 1.98. The molecule has 1 unspecified atom stereocenters. The van der Waals surface area contributed by atoms with Crippen molar-refractivity contribution in [2.75, 3.05) is 0 Å². The number of thiazole rings is 1. The van der Waals surface area contributed by atoms with Gasteiger partial charge in [0.1, 0.15) is 4.34 Å². The fourth-order valence-corrected chi connectivity index (χ4v) is 4.90. The van der Waals surface area contributed by atoms with E-state index >= 15 is 0 Å².